The Bertz CT molecular complexity index is 285. The van der Waals surface area contributed by atoms with Gasteiger partial charge in [0.2, 0.25) is 0 Å². The highest BCUT2D eigenvalue weighted by molar-refractivity contribution is 5.58. The standard InChI is InChI=1S/C7H7N3/c1-2-5-3-4-6(8)7(9)10-5/h1,3-4H,8H2,(H2,9,10). The summed E-state index contributed by atoms with van der Waals surface area (Å²) in [5.74, 6) is 2.64. The van der Waals surface area contributed by atoms with Gasteiger partial charge in [-0.15, -0.1) is 6.42 Å². The fraction of sp³-hybridized carbons (Fsp3) is 0. The predicted molar refractivity (Wildman–Crippen MR) is 41.0 cm³/mol. The topological polar surface area (TPSA) is 64.9 Å². The Hall–Kier alpha value is -1.69. The van der Waals surface area contributed by atoms with Gasteiger partial charge in [-0.2, -0.15) is 0 Å². The molecule has 10 heavy (non-hydrogen) atoms. The van der Waals surface area contributed by atoms with E-state index in [1.807, 2.05) is 0 Å². The number of nitrogens with zero attached hydrogens (tertiary/aromatic N) is 1. The molecule has 1 aromatic heterocycles. The van der Waals surface area contributed by atoms with Gasteiger partial charge >= 0.3 is 0 Å². The van der Waals surface area contributed by atoms with E-state index in [9.17, 15) is 0 Å². The van der Waals surface area contributed by atoms with Crippen LogP contribution in [0.3, 0.4) is 0 Å². The van der Waals surface area contributed by atoms with Gasteiger partial charge in [-0.3, -0.25) is 0 Å². The summed E-state index contributed by atoms with van der Waals surface area (Å²) in [5, 5.41) is 0. The summed E-state index contributed by atoms with van der Waals surface area (Å²) in [7, 11) is 0. The first-order chi connectivity index (χ1) is 4.74. The third-order valence-corrected chi connectivity index (χ3v) is 1.11. The lowest BCUT2D eigenvalue weighted by atomic mass is 10.3. The fourth-order valence-electron chi connectivity index (χ4n) is 0.566. The number of terminal acetylenes is 1. The fourth-order valence-corrected chi connectivity index (χ4v) is 0.566. The van der Waals surface area contributed by atoms with Crippen LogP contribution in [0.5, 0.6) is 0 Å². The number of hydrogen-bond acceptors (Lipinski definition) is 3. The van der Waals surface area contributed by atoms with E-state index >= 15 is 0 Å². The van der Waals surface area contributed by atoms with Crippen LogP contribution in [0.4, 0.5) is 11.5 Å². The lowest BCUT2D eigenvalue weighted by molar-refractivity contribution is 1.30. The maximum Gasteiger partial charge on any atom is 0.148 e. The predicted octanol–water partition coefficient (Wildman–Crippen LogP) is 0.227. The van der Waals surface area contributed by atoms with Crippen molar-refractivity contribution in [3.63, 3.8) is 0 Å². The van der Waals surface area contributed by atoms with E-state index in [2.05, 4.69) is 10.9 Å². The molecular weight excluding hydrogens is 126 g/mol. The Labute approximate surface area is 59.1 Å². The molecule has 1 heterocycles. The normalized spacial score (nSPS) is 8.70. The number of hydrogen-bond donors (Lipinski definition) is 2. The average molecular weight is 133 g/mol. The zero-order valence-corrected chi connectivity index (χ0v) is 5.33. The second-order valence-electron chi connectivity index (χ2n) is 1.82. The molecule has 3 heteroatoms. The third kappa shape index (κ3) is 1.00. The van der Waals surface area contributed by atoms with Gasteiger partial charge < -0.3 is 11.5 Å². The van der Waals surface area contributed by atoms with E-state index in [0.717, 1.165) is 0 Å². The molecule has 3 nitrogen and oxygen atoms in total. The van der Waals surface area contributed by atoms with Gasteiger partial charge in [-0.1, -0.05) is 5.92 Å². The highest BCUT2D eigenvalue weighted by Crippen LogP contribution is 2.09. The molecule has 0 radical (unpaired) electrons. The molecule has 0 fully saturated rings. The lowest BCUT2D eigenvalue weighted by Gasteiger charge is -1.96. The minimum Gasteiger partial charge on any atom is -0.396 e. The minimum absolute atomic E-state index is 0.287. The van der Waals surface area contributed by atoms with Crippen LogP contribution in [0.15, 0.2) is 12.1 Å². The van der Waals surface area contributed by atoms with Gasteiger partial charge in [0.25, 0.3) is 0 Å². The summed E-state index contributed by atoms with van der Waals surface area (Å²) in [6.07, 6.45) is 5.06. The van der Waals surface area contributed by atoms with Gasteiger partial charge in [0, 0.05) is 0 Å². The van der Waals surface area contributed by atoms with Gasteiger partial charge in [0.15, 0.2) is 0 Å². The van der Waals surface area contributed by atoms with Crippen LogP contribution in [0.2, 0.25) is 0 Å². The van der Waals surface area contributed by atoms with Crippen molar-refractivity contribution in [3.8, 4) is 12.3 Å². The highest BCUT2D eigenvalue weighted by Gasteiger charge is 1.94. The van der Waals surface area contributed by atoms with Crippen molar-refractivity contribution in [2.24, 2.45) is 0 Å². The zero-order valence-electron chi connectivity index (χ0n) is 5.33. The molecule has 0 saturated heterocycles. The van der Waals surface area contributed by atoms with E-state index < -0.39 is 0 Å². The van der Waals surface area contributed by atoms with Crippen LogP contribution in [0.1, 0.15) is 5.69 Å². The molecule has 0 saturated carbocycles. The molecule has 0 amide bonds. The molecule has 0 aromatic carbocycles. The molecular formula is C7H7N3. The monoisotopic (exact) mass is 133 g/mol. The quantitative estimate of drug-likeness (QED) is 0.498. The van der Waals surface area contributed by atoms with Crippen molar-refractivity contribution in [2.45, 2.75) is 0 Å². The molecule has 0 aliphatic heterocycles. The second-order valence-corrected chi connectivity index (χ2v) is 1.82. The number of nitrogen functional groups attached to an aromatic ring is 2. The van der Waals surface area contributed by atoms with E-state index in [0.29, 0.717) is 11.4 Å². The molecule has 50 valence electrons. The maximum absolute atomic E-state index is 5.39. The first kappa shape index (κ1) is 6.43. The summed E-state index contributed by atoms with van der Waals surface area (Å²) in [6, 6.07) is 3.28. The van der Waals surface area contributed by atoms with Crippen LogP contribution >= 0.6 is 0 Å². The average Bonchev–Trinajstić information content (AvgIpc) is 1.95. The van der Waals surface area contributed by atoms with Gasteiger partial charge in [-0.25, -0.2) is 4.98 Å². The lowest BCUT2D eigenvalue weighted by Crippen LogP contribution is -1.98. The molecule has 0 bridgehead atoms. The Kier molecular flexibility index (Phi) is 1.46. The zero-order chi connectivity index (χ0) is 7.56. The van der Waals surface area contributed by atoms with Crippen molar-refractivity contribution in [1.82, 2.24) is 4.98 Å². The van der Waals surface area contributed by atoms with E-state index in [1.54, 1.807) is 12.1 Å². The minimum atomic E-state index is 0.287. The van der Waals surface area contributed by atoms with Crippen molar-refractivity contribution < 1.29 is 0 Å². The summed E-state index contributed by atoms with van der Waals surface area (Å²) >= 11 is 0. The molecule has 4 N–H and O–H groups in total. The third-order valence-electron chi connectivity index (χ3n) is 1.11. The molecule has 0 spiro atoms. The van der Waals surface area contributed by atoms with Crippen LogP contribution in [0.25, 0.3) is 0 Å². The van der Waals surface area contributed by atoms with Crippen LogP contribution < -0.4 is 11.5 Å². The summed E-state index contributed by atoms with van der Waals surface area (Å²) in [6.45, 7) is 0. The number of nitrogens with two attached hydrogens (primary N) is 2. The maximum atomic E-state index is 5.39. The molecule has 0 unspecified atom stereocenters. The number of anilines is 2. The summed E-state index contributed by atoms with van der Waals surface area (Å²) in [4.78, 5) is 3.81. The van der Waals surface area contributed by atoms with E-state index in [-0.39, 0.29) is 5.82 Å². The highest BCUT2D eigenvalue weighted by atomic mass is 14.9. The van der Waals surface area contributed by atoms with Crippen LogP contribution in [0, 0.1) is 12.3 Å². The molecule has 1 aromatic rings. The van der Waals surface area contributed by atoms with Crippen LogP contribution in [-0.4, -0.2) is 4.98 Å². The van der Waals surface area contributed by atoms with Crippen LogP contribution in [-0.2, 0) is 0 Å². The number of aromatic nitrogens is 1. The number of pyridine rings is 1. The van der Waals surface area contributed by atoms with Gasteiger partial charge in [0.1, 0.15) is 11.5 Å². The second kappa shape index (κ2) is 2.28. The molecule has 0 atom stereocenters. The van der Waals surface area contributed by atoms with Gasteiger partial charge in [0.05, 0.1) is 5.69 Å². The summed E-state index contributed by atoms with van der Waals surface area (Å²) in [5.41, 5.74) is 11.7. The SMILES string of the molecule is C#Cc1ccc(N)c(N)n1. The Morgan fingerprint density at radius 1 is 1.40 bits per heavy atom. The Morgan fingerprint density at radius 2 is 2.10 bits per heavy atom. The van der Waals surface area contributed by atoms with E-state index in [1.165, 1.54) is 0 Å². The number of rotatable bonds is 0. The van der Waals surface area contributed by atoms with E-state index in [4.69, 9.17) is 17.9 Å². The molecule has 1 rings (SSSR count). The Balaban J connectivity index is 3.20. The Morgan fingerprint density at radius 3 is 2.60 bits per heavy atom. The van der Waals surface area contributed by atoms with Crippen molar-refractivity contribution in [1.29, 1.82) is 0 Å². The van der Waals surface area contributed by atoms with Crippen molar-refractivity contribution in [3.05, 3.63) is 17.8 Å². The summed E-state index contributed by atoms with van der Waals surface area (Å²) < 4.78 is 0. The molecule has 0 aliphatic carbocycles. The van der Waals surface area contributed by atoms with Gasteiger partial charge in [-0.05, 0) is 12.1 Å². The van der Waals surface area contributed by atoms with Crippen molar-refractivity contribution >= 4 is 11.5 Å². The smallest absolute Gasteiger partial charge is 0.148 e. The molecule has 0 aliphatic rings. The first-order valence-corrected chi connectivity index (χ1v) is 2.72. The first-order valence-electron chi connectivity index (χ1n) is 2.72. The largest absolute Gasteiger partial charge is 0.396 e. The van der Waals surface area contributed by atoms with Crippen molar-refractivity contribution in [2.75, 3.05) is 11.5 Å².